The van der Waals surface area contributed by atoms with E-state index in [4.69, 9.17) is 9.47 Å². The van der Waals surface area contributed by atoms with Crippen LogP contribution in [0.15, 0.2) is 18.2 Å². The Balaban J connectivity index is 2.66. The van der Waals surface area contributed by atoms with Crippen molar-refractivity contribution in [3.8, 4) is 11.5 Å². The Morgan fingerprint density at radius 2 is 1.72 bits per heavy atom. The molecule has 0 unspecified atom stereocenters. The molecule has 0 aromatic heterocycles. The van der Waals surface area contributed by atoms with Crippen molar-refractivity contribution >= 4 is 5.91 Å². The summed E-state index contributed by atoms with van der Waals surface area (Å²) in [7, 11) is 1.59. The van der Waals surface area contributed by atoms with Gasteiger partial charge in [0.2, 0.25) is 0 Å². The summed E-state index contributed by atoms with van der Waals surface area (Å²) >= 11 is 0. The number of carbonyl (C=O) groups excluding carboxylic acids is 1. The van der Waals surface area contributed by atoms with Gasteiger partial charge in [-0.25, -0.2) is 0 Å². The second-order valence-electron chi connectivity index (χ2n) is 7.25. The third-order valence-corrected chi connectivity index (χ3v) is 3.98. The minimum absolute atomic E-state index is 0.0961. The number of hydrogen-bond acceptors (Lipinski definition) is 4. The van der Waals surface area contributed by atoms with Crippen molar-refractivity contribution in [2.24, 2.45) is 5.92 Å². The molecule has 0 radical (unpaired) electrons. The fourth-order valence-electron chi connectivity index (χ4n) is 2.70. The van der Waals surface area contributed by atoms with E-state index in [1.165, 1.54) is 0 Å². The maximum absolute atomic E-state index is 12.4. The van der Waals surface area contributed by atoms with Gasteiger partial charge in [-0.15, -0.1) is 0 Å². The zero-order chi connectivity index (χ0) is 19.0. The van der Waals surface area contributed by atoms with Gasteiger partial charge in [0.25, 0.3) is 5.91 Å². The van der Waals surface area contributed by atoms with Crippen LogP contribution in [0.2, 0.25) is 0 Å². The van der Waals surface area contributed by atoms with E-state index in [1.807, 2.05) is 0 Å². The van der Waals surface area contributed by atoms with Gasteiger partial charge >= 0.3 is 0 Å². The minimum atomic E-state index is -0.0961. The highest BCUT2D eigenvalue weighted by atomic mass is 16.5. The molecule has 1 rings (SSSR count). The Hall–Kier alpha value is -1.75. The maximum Gasteiger partial charge on any atom is 0.251 e. The SMILES string of the molecule is COc1cc(C(=O)NCCN(C(C)C)C(C)C)ccc1OCC(C)C. The van der Waals surface area contributed by atoms with E-state index >= 15 is 0 Å². The van der Waals surface area contributed by atoms with E-state index in [1.54, 1.807) is 25.3 Å². The lowest BCUT2D eigenvalue weighted by Gasteiger charge is -2.30. The van der Waals surface area contributed by atoms with Gasteiger partial charge in [-0.3, -0.25) is 9.69 Å². The molecule has 25 heavy (non-hydrogen) atoms. The zero-order valence-corrected chi connectivity index (χ0v) is 16.8. The van der Waals surface area contributed by atoms with Gasteiger partial charge in [0.05, 0.1) is 13.7 Å². The van der Waals surface area contributed by atoms with Gasteiger partial charge < -0.3 is 14.8 Å². The smallest absolute Gasteiger partial charge is 0.251 e. The van der Waals surface area contributed by atoms with Crippen LogP contribution in [0.5, 0.6) is 11.5 Å². The molecule has 0 spiro atoms. The molecule has 0 aliphatic carbocycles. The number of ether oxygens (including phenoxy) is 2. The van der Waals surface area contributed by atoms with Crippen LogP contribution in [0, 0.1) is 5.92 Å². The summed E-state index contributed by atoms with van der Waals surface area (Å²) in [5, 5.41) is 2.98. The third kappa shape index (κ3) is 6.94. The van der Waals surface area contributed by atoms with Crippen LogP contribution in [0.25, 0.3) is 0 Å². The van der Waals surface area contributed by atoms with Crippen LogP contribution in [0.3, 0.4) is 0 Å². The van der Waals surface area contributed by atoms with E-state index in [9.17, 15) is 4.79 Å². The molecule has 1 aromatic carbocycles. The fourth-order valence-corrected chi connectivity index (χ4v) is 2.70. The van der Waals surface area contributed by atoms with Gasteiger partial charge in [-0.1, -0.05) is 13.8 Å². The Morgan fingerprint density at radius 3 is 2.24 bits per heavy atom. The minimum Gasteiger partial charge on any atom is -0.493 e. The van der Waals surface area contributed by atoms with Gasteiger partial charge in [0, 0.05) is 30.7 Å². The first kappa shape index (κ1) is 21.3. The molecule has 0 saturated heterocycles. The number of methoxy groups -OCH3 is 1. The average molecular weight is 351 g/mol. The largest absolute Gasteiger partial charge is 0.493 e. The first-order chi connectivity index (χ1) is 11.8. The highest BCUT2D eigenvalue weighted by molar-refractivity contribution is 5.94. The van der Waals surface area contributed by atoms with Crippen LogP contribution >= 0.6 is 0 Å². The van der Waals surface area contributed by atoms with Crippen molar-refractivity contribution in [1.29, 1.82) is 0 Å². The number of carbonyl (C=O) groups is 1. The normalized spacial score (nSPS) is 11.5. The summed E-state index contributed by atoms with van der Waals surface area (Å²) in [5.74, 6) is 1.58. The Kier molecular flexibility index (Phi) is 8.76. The van der Waals surface area contributed by atoms with E-state index in [0.29, 0.717) is 48.2 Å². The summed E-state index contributed by atoms with van der Waals surface area (Å²) in [4.78, 5) is 14.7. The first-order valence-electron chi connectivity index (χ1n) is 9.11. The number of hydrogen-bond donors (Lipinski definition) is 1. The van der Waals surface area contributed by atoms with E-state index in [2.05, 4.69) is 51.8 Å². The lowest BCUT2D eigenvalue weighted by Crippen LogP contribution is -2.42. The Bertz CT molecular complexity index is 534. The molecular formula is C20H34N2O3. The van der Waals surface area contributed by atoms with Crippen LogP contribution in [0.1, 0.15) is 51.9 Å². The van der Waals surface area contributed by atoms with E-state index in [0.717, 1.165) is 6.54 Å². The number of benzene rings is 1. The van der Waals surface area contributed by atoms with Crippen molar-refractivity contribution in [1.82, 2.24) is 10.2 Å². The molecule has 0 fully saturated rings. The highest BCUT2D eigenvalue weighted by Crippen LogP contribution is 2.28. The van der Waals surface area contributed by atoms with Crippen LogP contribution in [-0.4, -0.2) is 49.7 Å². The van der Waals surface area contributed by atoms with Crippen molar-refractivity contribution in [2.75, 3.05) is 26.8 Å². The molecular weight excluding hydrogens is 316 g/mol. The molecule has 0 heterocycles. The maximum atomic E-state index is 12.4. The molecule has 5 nitrogen and oxygen atoms in total. The Morgan fingerprint density at radius 1 is 1.08 bits per heavy atom. The van der Waals surface area contributed by atoms with Crippen LogP contribution in [-0.2, 0) is 0 Å². The topological polar surface area (TPSA) is 50.8 Å². The number of amides is 1. The van der Waals surface area contributed by atoms with Crippen LogP contribution < -0.4 is 14.8 Å². The molecule has 142 valence electrons. The Labute approximate surface area is 152 Å². The highest BCUT2D eigenvalue weighted by Gasteiger charge is 2.15. The summed E-state index contributed by atoms with van der Waals surface area (Å²) < 4.78 is 11.1. The van der Waals surface area contributed by atoms with E-state index in [-0.39, 0.29) is 5.91 Å². The summed E-state index contributed by atoms with van der Waals surface area (Å²) in [6.45, 7) is 14.9. The molecule has 1 aromatic rings. The number of rotatable bonds is 10. The molecule has 0 aliphatic rings. The lowest BCUT2D eigenvalue weighted by atomic mass is 10.2. The molecule has 0 aliphatic heterocycles. The van der Waals surface area contributed by atoms with Gasteiger partial charge in [0.15, 0.2) is 11.5 Å². The van der Waals surface area contributed by atoms with Crippen molar-refractivity contribution in [3.63, 3.8) is 0 Å². The predicted octanol–water partition coefficient (Wildman–Crippen LogP) is 3.58. The average Bonchev–Trinajstić information content (AvgIpc) is 2.55. The first-order valence-corrected chi connectivity index (χ1v) is 9.11. The lowest BCUT2D eigenvalue weighted by molar-refractivity contribution is 0.0939. The third-order valence-electron chi connectivity index (χ3n) is 3.98. The van der Waals surface area contributed by atoms with Crippen LogP contribution in [0.4, 0.5) is 0 Å². The zero-order valence-electron chi connectivity index (χ0n) is 16.8. The predicted molar refractivity (Wildman–Crippen MR) is 103 cm³/mol. The van der Waals surface area contributed by atoms with E-state index < -0.39 is 0 Å². The summed E-state index contributed by atoms with van der Waals surface area (Å²) in [5.41, 5.74) is 0.578. The van der Waals surface area contributed by atoms with Crippen molar-refractivity contribution in [2.45, 2.75) is 53.6 Å². The standard InChI is InChI=1S/C20H34N2O3/c1-14(2)13-25-18-9-8-17(12-19(18)24-7)20(23)21-10-11-22(15(3)4)16(5)6/h8-9,12,14-16H,10-11,13H2,1-7H3,(H,21,23). The van der Waals surface area contributed by atoms with Gasteiger partial charge in [-0.2, -0.15) is 0 Å². The molecule has 5 heteroatoms. The van der Waals surface area contributed by atoms with Crippen molar-refractivity contribution < 1.29 is 14.3 Å². The molecule has 1 amide bonds. The monoisotopic (exact) mass is 350 g/mol. The number of nitrogens with zero attached hydrogens (tertiary/aromatic N) is 1. The second kappa shape index (κ2) is 10.3. The van der Waals surface area contributed by atoms with Gasteiger partial charge in [-0.05, 0) is 51.8 Å². The van der Waals surface area contributed by atoms with Crippen molar-refractivity contribution in [3.05, 3.63) is 23.8 Å². The quantitative estimate of drug-likeness (QED) is 0.701. The number of nitrogens with one attached hydrogen (secondary N) is 1. The molecule has 0 atom stereocenters. The fraction of sp³-hybridized carbons (Fsp3) is 0.650. The molecule has 1 N–H and O–H groups in total. The molecule has 0 saturated carbocycles. The van der Waals surface area contributed by atoms with Gasteiger partial charge in [0.1, 0.15) is 0 Å². The molecule has 0 bridgehead atoms. The summed E-state index contributed by atoms with van der Waals surface area (Å²) in [6.07, 6.45) is 0. The summed E-state index contributed by atoms with van der Waals surface area (Å²) in [6, 6.07) is 6.21. The second-order valence-corrected chi connectivity index (χ2v) is 7.25.